The summed E-state index contributed by atoms with van der Waals surface area (Å²) in [6.07, 6.45) is 0. The lowest BCUT2D eigenvalue weighted by Gasteiger charge is -2.30. The number of rotatable bonds is 7. The normalized spacial score (nSPS) is 11.4. The van der Waals surface area contributed by atoms with Gasteiger partial charge in [0.25, 0.3) is 0 Å². The van der Waals surface area contributed by atoms with Crippen LogP contribution in [0.1, 0.15) is 45.0 Å². The van der Waals surface area contributed by atoms with Crippen molar-refractivity contribution in [2.75, 3.05) is 13.2 Å². The van der Waals surface area contributed by atoms with Crippen molar-refractivity contribution in [3.63, 3.8) is 0 Å². The number of hydrogen-bond donors (Lipinski definition) is 0. The molecule has 0 atom stereocenters. The maximum Gasteiger partial charge on any atom is 0.166 e. The van der Waals surface area contributed by atoms with Gasteiger partial charge in [-0.3, -0.25) is 9.69 Å². The molecule has 1 rings (SSSR count). The molecule has 0 saturated heterocycles. The van der Waals surface area contributed by atoms with E-state index in [1.807, 2.05) is 0 Å². The number of benzene rings is 1. The monoisotopic (exact) mass is 281 g/mol. The summed E-state index contributed by atoms with van der Waals surface area (Å²) in [5.41, 5.74) is 0.0353. The van der Waals surface area contributed by atoms with Crippen molar-refractivity contribution >= 4 is 5.78 Å². The second kappa shape index (κ2) is 7.39. The molecule has 0 aliphatic rings. The Kier molecular flexibility index (Phi) is 6.14. The summed E-state index contributed by atoms with van der Waals surface area (Å²) in [6, 6.07) is 5.30. The quantitative estimate of drug-likeness (QED) is 0.716. The lowest BCUT2D eigenvalue weighted by Crippen LogP contribution is -2.39. The molecule has 0 saturated carbocycles. The van der Waals surface area contributed by atoms with Gasteiger partial charge < -0.3 is 4.74 Å². The van der Waals surface area contributed by atoms with E-state index < -0.39 is 5.82 Å². The Labute approximate surface area is 120 Å². The Morgan fingerprint density at radius 3 is 2.35 bits per heavy atom. The van der Waals surface area contributed by atoms with E-state index in [9.17, 15) is 9.18 Å². The Bertz CT molecular complexity index is 450. The Hall–Kier alpha value is -1.42. The van der Waals surface area contributed by atoms with E-state index in [1.165, 1.54) is 13.0 Å². The van der Waals surface area contributed by atoms with Crippen LogP contribution in [0.2, 0.25) is 0 Å². The molecule has 0 amide bonds. The predicted molar refractivity (Wildman–Crippen MR) is 78.9 cm³/mol. The van der Waals surface area contributed by atoms with Crippen molar-refractivity contribution in [1.82, 2.24) is 4.90 Å². The molecule has 0 aliphatic carbocycles. The van der Waals surface area contributed by atoms with Gasteiger partial charge in [0.05, 0.1) is 5.56 Å². The van der Waals surface area contributed by atoms with E-state index in [4.69, 9.17) is 4.74 Å². The van der Waals surface area contributed by atoms with Crippen LogP contribution in [0.15, 0.2) is 18.2 Å². The van der Waals surface area contributed by atoms with E-state index in [2.05, 4.69) is 32.6 Å². The van der Waals surface area contributed by atoms with E-state index in [0.29, 0.717) is 24.4 Å². The largest absolute Gasteiger partial charge is 0.491 e. The third-order valence-electron chi connectivity index (χ3n) is 3.26. The van der Waals surface area contributed by atoms with Gasteiger partial charge in [-0.15, -0.1) is 0 Å². The van der Waals surface area contributed by atoms with Gasteiger partial charge in [0, 0.05) is 18.6 Å². The zero-order chi connectivity index (χ0) is 15.3. The fourth-order valence-electron chi connectivity index (χ4n) is 2.34. The average molecular weight is 281 g/mol. The molecule has 112 valence electrons. The van der Waals surface area contributed by atoms with Gasteiger partial charge >= 0.3 is 0 Å². The van der Waals surface area contributed by atoms with Crippen LogP contribution in [0.5, 0.6) is 5.75 Å². The number of nitrogens with zero attached hydrogens (tertiary/aromatic N) is 1. The molecule has 0 spiro atoms. The number of halogens is 1. The van der Waals surface area contributed by atoms with Gasteiger partial charge in [-0.2, -0.15) is 0 Å². The molecular weight excluding hydrogens is 257 g/mol. The standard InChI is InChI=1S/C16H24FNO2/c1-11(2)18(12(3)4)9-10-20-15-8-6-7-14(17)16(15)13(5)19/h6-8,11-12H,9-10H2,1-5H3. The number of ketones is 1. The molecule has 1 aromatic rings. The van der Waals surface area contributed by atoms with Crippen molar-refractivity contribution in [3.05, 3.63) is 29.6 Å². The number of carbonyl (C=O) groups is 1. The van der Waals surface area contributed by atoms with Crippen molar-refractivity contribution in [2.45, 2.75) is 46.7 Å². The van der Waals surface area contributed by atoms with Crippen molar-refractivity contribution in [2.24, 2.45) is 0 Å². The van der Waals surface area contributed by atoms with Crippen LogP contribution in [0, 0.1) is 5.82 Å². The molecule has 4 heteroatoms. The predicted octanol–water partition coefficient (Wildman–Crippen LogP) is 3.53. The SMILES string of the molecule is CC(=O)c1c(F)cccc1OCCN(C(C)C)C(C)C. The first kappa shape index (κ1) is 16.6. The molecule has 0 N–H and O–H groups in total. The molecule has 0 unspecified atom stereocenters. The van der Waals surface area contributed by atoms with Gasteiger partial charge in [0.2, 0.25) is 0 Å². The number of Topliss-reactive ketones (excluding diaryl/α,β-unsaturated/α-hetero) is 1. The van der Waals surface area contributed by atoms with Gasteiger partial charge in [-0.05, 0) is 46.8 Å². The second-order valence-corrected chi connectivity index (χ2v) is 5.44. The molecule has 3 nitrogen and oxygen atoms in total. The summed E-state index contributed by atoms with van der Waals surface area (Å²) in [5.74, 6) is -0.521. The van der Waals surface area contributed by atoms with E-state index in [1.54, 1.807) is 12.1 Å². The van der Waals surface area contributed by atoms with Crippen LogP contribution in [0.4, 0.5) is 4.39 Å². The van der Waals surface area contributed by atoms with E-state index in [0.717, 1.165) is 6.54 Å². The van der Waals surface area contributed by atoms with E-state index in [-0.39, 0.29) is 11.3 Å². The van der Waals surface area contributed by atoms with Crippen LogP contribution in [0.3, 0.4) is 0 Å². The molecule has 0 heterocycles. The van der Waals surface area contributed by atoms with Crippen LogP contribution in [0.25, 0.3) is 0 Å². The maximum atomic E-state index is 13.6. The van der Waals surface area contributed by atoms with Gasteiger partial charge in [0.15, 0.2) is 5.78 Å². The molecular formula is C16H24FNO2. The highest BCUT2D eigenvalue weighted by molar-refractivity contribution is 5.97. The van der Waals surface area contributed by atoms with Crippen molar-refractivity contribution in [3.8, 4) is 5.75 Å². The summed E-state index contributed by atoms with van der Waals surface area (Å²) in [6.45, 7) is 11.0. The first-order valence-electron chi connectivity index (χ1n) is 7.02. The maximum absolute atomic E-state index is 13.6. The third-order valence-corrected chi connectivity index (χ3v) is 3.26. The summed E-state index contributed by atoms with van der Waals surface area (Å²) in [5, 5.41) is 0. The highest BCUT2D eigenvalue weighted by Gasteiger charge is 2.16. The van der Waals surface area contributed by atoms with Crippen LogP contribution < -0.4 is 4.74 Å². The molecule has 20 heavy (non-hydrogen) atoms. The molecule has 0 radical (unpaired) electrons. The molecule has 0 bridgehead atoms. The average Bonchev–Trinajstić information content (AvgIpc) is 2.33. The summed E-state index contributed by atoms with van der Waals surface area (Å²) < 4.78 is 19.2. The molecule has 0 aromatic heterocycles. The Morgan fingerprint density at radius 2 is 1.85 bits per heavy atom. The summed E-state index contributed by atoms with van der Waals surface area (Å²) >= 11 is 0. The van der Waals surface area contributed by atoms with Gasteiger partial charge in [0.1, 0.15) is 18.2 Å². The summed E-state index contributed by atoms with van der Waals surface area (Å²) in [4.78, 5) is 13.8. The minimum atomic E-state index is -0.528. The van der Waals surface area contributed by atoms with Crippen molar-refractivity contribution < 1.29 is 13.9 Å². The Morgan fingerprint density at radius 1 is 1.25 bits per heavy atom. The van der Waals surface area contributed by atoms with E-state index >= 15 is 0 Å². The lowest BCUT2D eigenvalue weighted by molar-refractivity contribution is 0.100. The number of hydrogen-bond acceptors (Lipinski definition) is 3. The Balaban J connectivity index is 2.71. The minimum Gasteiger partial charge on any atom is -0.491 e. The zero-order valence-corrected chi connectivity index (χ0v) is 12.9. The fourth-order valence-corrected chi connectivity index (χ4v) is 2.34. The summed E-state index contributed by atoms with van der Waals surface area (Å²) in [7, 11) is 0. The highest BCUT2D eigenvalue weighted by Crippen LogP contribution is 2.22. The van der Waals surface area contributed by atoms with Crippen LogP contribution >= 0.6 is 0 Å². The molecule has 0 aliphatic heterocycles. The third kappa shape index (κ3) is 4.30. The topological polar surface area (TPSA) is 29.5 Å². The van der Waals surface area contributed by atoms with Gasteiger partial charge in [-0.1, -0.05) is 6.07 Å². The first-order valence-corrected chi connectivity index (χ1v) is 7.02. The fraction of sp³-hybridized carbons (Fsp3) is 0.562. The minimum absolute atomic E-state index is 0.0353. The molecule has 1 aromatic carbocycles. The van der Waals surface area contributed by atoms with Crippen molar-refractivity contribution in [1.29, 1.82) is 0 Å². The lowest BCUT2D eigenvalue weighted by atomic mass is 10.1. The smallest absolute Gasteiger partial charge is 0.166 e. The van der Waals surface area contributed by atoms with Crippen LogP contribution in [-0.2, 0) is 0 Å². The number of carbonyl (C=O) groups excluding carboxylic acids is 1. The first-order chi connectivity index (χ1) is 9.34. The second-order valence-electron chi connectivity index (χ2n) is 5.44. The van der Waals surface area contributed by atoms with Crippen LogP contribution in [-0.4, -0.2) is 35.9 Å². The van der Waals surface area contributed by atoms with Gasteiger partial charge in [-0.25, -0.2) is 4.39 Å². The molecule has 0 fully saturated rings. The number of ether oxygens (including phenoxy) is 1. The zero-order valence-electron chi connectivity index (χ0n) is 12.9. The highest BCUT2D eigenvalue weighted by atomic mass is 19.1.